The van der Waals surface area contributed by atoms with Crippen molar-refractivity contribution in [2.75, 3.05) is 0 Å². The molecule has 0 fully saturated rings. The lowest BCUT2D eigenvalue weighted by Gasteiger charge is -1.85. The second kappa shape index (κ2) is 7.96. The molecule has 0 aromatic carbocycles. The number of nitrogens with two attached hydrogens (primary N) is 1. The fourth-order valence-electron chi connectivity index (χ4n) is 0.214. The molecule has 0 aliphatic heterocycles. The van der Waals surface area contributed by atoms with Gasteiger partial charge in [0.05, 0.1) is 19.1 Å². The van der Waals surface area contributed by atoms with Gasteiger partial charge in [0.25, 0.3) is 0 Å². The van der Waals surface area contributed by atoms with Gasteiger partial charge in [-0.05, 0) is 6.92 Å². The number of hydrogen-bond donors (Lipinski definition) is 4. The van der Waals surface area contributed by atoms with Crippen molar-refractivity contribution in [1.29, 1.82) is 0 Å². The SMILES string of the molecule is CC(N)O.O=C(O)CCC(=O)O. The molecule has 0 aromatic heterocycles. The minimum atomic E-state index is -1.08. The third-order valence-electron chi connectivity index (χ3n) is 0.553. The van der Waals surface area contributed by atoms with Crippen LogP contribution >= 0.6 is 0 Å². The average Bonchev–Trinajstić information content (AvgIpc) is 1.82. The van der Waals surface area contributed by atoms with E-state index in [9.17, 15) is 9.59 Å². The predicted molar refractivity (Wildman–Crippen MR) is 40.4 cm³/mol. The number of aliphatic hydroxyl groups excluding tert-OH is 1. The number of carboxylic acid groups (broad SMARTS) is 2. The Kier molecular flexibility index (Phi) is 8.92. The molecule has 1 unspecified atom stereocenters. The summed E-state index contributed by atoms with van der Waals surface area (Å²) >= 11 is 0. The van der Waals surface area contributed by atoms with Crippen molar-refractivity contribution >= 4 is 11.9 Å². The number of aliphatic carboxylic acids is 2. The first-order valence-electron chi connectivity index (χ1n) is 3.23. The van der Waals surface area contributed by atoms with E-state index in [4.69, 9.17) is 15.3 Å². The van der Waals surface area contributed by atoms with Gasteiger partial charge in [0, 0.05) is 0 Å². The van der Waals surface area contributed by atoms with Crippen molar-refractivity contribution < 1.29 is 24.9 Å². The van der Waals surface area contributed by atoms with E-state index in [2.05, 4.69) is 5.73 Å². The number of carbonyl (C=O) groups is 2. The Morgan fingerprint density at radius 3 is 1.50 bits per heavy atom. The normalized spacial score (nSPS) is 10.9. The highest BCUT2D eigenvalue weighted by Crippen LogP contribution is 1.86. The van der Waals surface area contributed by atoms with Crippen LogP contribution in [0.1, 0.15) is 19.8 Å². The van der Waals surface area contributed by atoms with Gasteiger partial charge in [-0.15, -0.1) is 0 Å². The van der Waals surface area contributed by atoms with Crippen molar-refractivity contribution in [3.05, 3.63) is 0 Å². The van der Waals surface area contributed by atoms with E-state index in [1.165, 1.54) is 6.92 Å². The largest absolute Gasteiger partial charge is 0.481 e. The lowest BCUT2D eigenvalue weighted by atomic mass is 10.3. The molecule has 0 heterocycles. The molecule has 5 N–H and O–H groups in total. The summed E-state index contributed by atoms with van der Waals surface area (Å²) in [6.45, 7) is 1.50. The van der Waals surface area contributed by atoms with Crippen molar-refractivity contribution in [3.8, 4) is 0 Å². The van der Waals surface area contributed by atoms with Crippen LogP contribution in [-0.2, 0) is 9.59 Å². The molecule has 0 aliphatic carbocycles. The van der Waals surface area contributed by atoms with Gasteiger partial charge in [0.1, 0.15) is 0 Å². The van der Waals surface area contributed by atoms with Crippen LogP contribution in [-0.4, -0.2) is 33.5 Å². The molecular weight excluding hydrogens is 166 g/mol. The summed E-state index contributed by atoms with van der Waals surface area (Å²) < 4.78 is 0. The number of rotatable bonds is 3. The zero-order chi connectivity index (χ0) is 10.1. The Labute approximate surface area is 69.6 Å². The van der Waals surface area contributed by atoms with Crippen molar-refractivity contribution in [2.24, 2.45) is 5.73 Å². The van der Waals surface area contributed by atoms with Crippen LogP contribution in [0.4, 0.5) is 0 Å². The standard InChI is InChI=1S/C4H6O4.C2H7NO/c5-3(6)1-2-4(7)8;1-2(3)4/h1-2H2,(H,5,6)(H,7,8);2,4H,3H2,1H3. The Balaban J connectivity index is 0. The van der Waals surface area contributed by atoms with Crippen LogP contribution in [0.2, 0.25) is 0 Å². The molecule has 1 atom stereocenters. The van der Waals surface area contributed by atoms with E-state index in [-0.39, 0.29) is 12.8 Å². The Hall–Kier alpha value is -1.14. The van der Waals surface area contributed by atoms with E-state index < -0.39 is 18.2 Å². The maximum atomic E-state index is 9.64. The van der Waals surface area contributed by atoms with Crippen molar-refractivity contribution in [3.63, 3.8) is 0 Å². The first-order valence-corrected chi connectivity index (χ1v) is 3.23. The molecule has 0 saturated carbocycles. The quantitative estimate of drug-likeness (QED) is 0.422. The van der Waals surface area contributed by atoms with E-state index in [1.54, 1.807) is 0 Å². The van der Waals surface area contributed by atoms with Gasteiger partial charge < -0.3 is 21.1 Å². The van der Waals surface area contributed by atoms with Crippen LogP contribution in [0, 0.1) is 0 Å². The van der Waals surface area contributed by atoms with E-state index >= 15 is 0 Å². The molecule has 0 rings (SSSR count). The molecule has 0 aliphatic rings. The first kappa shape index (κ1) is 13.4. The van der Waals surface area contributed by atoms with Crippen molar-refractivity contribution in [1.82, 2.24) is 0 Å². The smallest absolute Gasteiger partial charge is 0.303 e. The van der Waals surface area contributed by atoms with E-state index in [0.717, 1.165) is 0 Å². The number of aliphatic hydroxyl groups is 1. The summed E-state index contributed by atoms with van der Waals surface area (Å²) in [4.78, 5) is 19.3. The Bertz CT molecular complexity index is 128. The monoisotopic (exact) mass is 179 g/mol. The van der Waals surface area contributed by atoms with Gasteiger partial charge in [-0.25, -0.2) is 0 Å². The summed E-state index contributed by atoms with van der Waals surface area (Å²) in [7, 11) is 0. The maximum Gasteiger partial charge on any atom is 0.303 e. The Morgan fingerprint density at radius 2 is 1.42 bits per heavy atom. The minimum absolute atomic E-state index is 0.296. The lowest BCUT2D eigenvalue weighted by molar-refractivity contribution is -0.143. The lowest BCUT2D eigenvalue weighted by Crippen LogP contribution is -2.11. The zero-order valence-electron chi connectivity index (χ0n) is 6.73. The second-order valence-electron chi connectivity index (χ2n) is 2.03. The molecule has 12 heavy (non-hydrogen) atoms. The summed E-state index contributed by atoms with van der Waals surface area (Å²) in [5, 5.41) is 23.6. The topological polar surface area (TPSA) is 121 Å². The highest BCUT2D eigenvalue weighted by molar-refractivity contribution is 5.75. The molecule has 6 heteroatoms. The van der Waals surface area contributed by atoms with Crippen LogP contribution < -0.4 is 5.73 Å². The minimum Gasteiger partial charge on any atom is -0.481 e. The third-order valence-corrected chi connectivity index (χ3v) is 0.553. The van der Waals surface area contributed by atoms with Crippen molar-refractivity contribution in [2.45, 2.75) is 26.0 Å². The van der Waals surface area contributed by atoms with Gasteiger partial charge in [0.2, 0.25) is 0 Å². The third kappa shape index (κ3) is 36.7. The van der Waals surface area contributed by atoms with Crippen LogP contribution in [0.3, 0.4) is 0 Å². The Morgan fingerprint density at radius 1 is 1.25 bits per heavy atom. The summed E-state index contributed by atoms with van der Waals surface area (Å²) in [6, 6.07) is 0. The van der Waals surface area contributed by atoms with Gasteiger partial charge in [-0.2, -0.15) is 0 Å². The number of carboxylic acids is 2. The first-order chi connectivity index (χ1) is 5.36. The molecule has 0 aromatic rings. The van der Waals surface area contributed by atoms with E-state index in [1.807, 2.05) is 0 Å². The summed E-state index contributed by atoms with van der Waals surface area (Å²) in [5.74, 6) is -2.15. The summed E-state index contributed by atoms with van der Waals surface area (Å²) in [5.41, 5.74) is 4.67. The molecular formula is C6H13NO5. The van der Waals surface area contributed by atoms with E-state index in [0.29, 0.717) is 0 Å². The number of hydrogen-bond acceptors (Lipinski definition) is 4. The van der Waals surface area contributed by atoms with Gasteiger partial charge in [-0.1, -0.05) is 0 Å². The second-order valence-corrected chi connectivity index (χ2v) is 2.03. The average molecular weight is 179 g/mol. The highest BCUT2D eigenvalue weighted by Gasteiger charge is 2.00. The molecule has 0 saturated heterocycles. The van der Waals surface area contributed by atoms with Gasteiger partial charge in [0.15, 0.2) is 0 Å². The fourth-order valence-corrected chi connectivity index (χ4v) is 0.214. The van der Waals surface area contributed by atoms with Crippen LogP contribution in [0.25, 0.3) is 0 Å². The fraction of sp³-hybridized carbons (Fsp3) is 0.667. The maximum absolute atomic E-state index is 9.64. The van der Waals surface area contributed by atoms with Crippen LogP contribution in [0.5, 0.6) is 0 Å². The molecule has 0 bridgehead atoms. The van der Waals surface area contributed by atoms with Gasteiger partial charge >= 0.3 is 11.9 Å². The van der Waals surface area contributed by atoms with Crippen LogP contribution in [0.15, 0.2) is 0 Å². The molecule has 0 spiro atoms. The molecule has 0 radical (unpaired) electrons. The zero-order valence-corrected chi connectivity index (χ0v) is 6.73. The molecule has 0 amide bonds. The van der Waals surface area contributed by atoms with Gasteiger partial charge in [-0.3, -0.25) is 9.59 Å². The summed E-state index contributed by atoms with van der Waals surface area (Å²) in [6.07, 6.45) is -1.26. The predicted octanol–water partition coefficient (Wildman–Crippen LogP) is -0.781. The molecule has 72 valence electrons. The highest BCUT2D eigenvalue weighted by atomic mass is 16.4. The molecule has 6 nitrogen and oxygen atoms in total.